The van der Waals surface area contributed by atoms with Crippen LogP contribution in [0.1, 0.15) is 26.2 Å². The van der Waals surface area contributed by atoms with Crippen molar-refractivity contribution in [3.63, 3.8) is 0 Å². The molecule has 0 saturated heterocycles. The van der Waals surface area contributed by atoms with Gasteiger partial charge in [0.05, 0.1) is 6.04 Å². The number of aliphatic imine (C=N–C) groups is 1. The van der Waals surface area contributed by atoms with Crippen LogP contribution in [0.15, 0.2) is 4.99 Å². The molecule has 0 spiro atoms. The topological polar surface area (TPSA) is 157 Å². The molecular weight excluding hydrogens is 238 g/mol. The fourth-order valence-electron chi connectivity index (χ4n) is 1.23. The zero-order valence-corrected chi connectivity index (χ0v) is 10.4. The van der Waals surface area contributed by atoms with Crippen molar-refractivity contribution in [3.8, 4) is 0 Å². The van der Waals surface area contributed by atoms with Crippen molar-refractivity contribution in [3.05, 3.63) is 0 Å². The number of nitrogens with one attached hydrogen (secondary N) is 1. The number of guanidine groups is 1. The first-order valence-electron chi connectivity index (χ1n) is 5.72. The maximum absolute atomic E-state index is 11.5. The standard InChI is InChI=1S/C10H21N5O3/c1-2-6(11)8(16)15-7(9(17)18)4-3-5-14-10(12)13/h6-7H,2-5,11H2,1H3,(H,15,16)(H,17,18)(H4,12,13,14)/t6-,7-/m0/s1. The Bertz CT molecular complexity index is 315. The maximum Gasteiger partial charge on any atom is 0.326 e. The number of carbonyl (C=O) groups excluding carboxylic acids is 1. The first kappa shape index (κ1) is 16.2. The summed E-state index contributed by atoms with van der Waals surface area (Å²) in [7, 11) is 0. The van der Waals surface area contributed by atoms with E-state index in [-0.39, 0.29) is 12.4 Å². The van der Waals surface area contributed by atoms with Gasteiger partial charge in [-0.05, 0) is 19.3 Å². The lowest BCUT2D eigenvalue weighted by molar-refractivity contribution is -0.142. The molecule has 1 amide bonds. The predicted molar refractivity (Wildman–Crippen MR) is 67.7 cm³/mol. The monoisotopic (exact) mass is 259 g/mol. The van der Waals surface area contributed by atoms with E-state index in [0.717, 1.165) is 0 Å². The van der Waals surface area contributed by atoms with Gasteiger partial charge in [-0.3, -0.25) is 9.79 Å². The van der Waals surface area contributed by atoms with E-state index in [4.69, 9.17) is 22.3 Å². The van der Waals surface area contributed by atoms with Crippen molar-refractivity contribution in [1.29, 1.82) is 0 Å². The van der Waals surface area contributed by atoms with Gasteiger partial charge in [-0.1, -0.05) is 6.92 Å². The molecule has 0 aromatic carbocycles. The Labute approximate surface area is 106 Å². The molecule has 104 valence electrons. The maximum atomic E-state index is 11.5. The van der Waals surface area contributed by atoms with Gasteiger partial charge in [-0.15, -0.1) is 0 Å². The van der Waals surface area contributed by atoms with Crippen molar-refractivity contribution >= 4 is 17.8 Å². The minimum absolute atomic E-state index is 0.0427. The normalized spacial score (nSPS) is 13.4. The molecule has 8 nitrogen and oxygen atoms in total. The molecule has 0 aromatic rings. The lowest BCUT2D eigenvalue weighted by atomic mass is 10.1. The molecule has 0 aliphatic heterocycles. The highest BCUT2D eigenvalue weighted by Gasteiger charge is 2.21. The van der Waals surface area contributed by atoms with Crippen LogP contribution in [0.5, 0.6) is 0 Å². The van der Waals surface area contributed by atoms with Gasteiger partial charge in [0.1, 0.15) is 6.04 Å². The lowest BCUT2D eigenvalue weighted by Gasteiger charge is -2.16. The summed E-state index contributed by atoms with van der Waals surface area (Å²) in [5.74, 6) is -1.61. The Morgan fingerprint density at radius 1 is 1.39 bits per heavy atom. The lowest BCUT2D eigenvalue weighted by Crippen LogP contribution is -2.48. The number of carboxylic acid groups (broad SMARTS) is 1. The number of nitrogens with two attached hydrogens (primary N) is 3. The van der Waals surface area contributed by atoms with Crippen molar-refractivity contribution < 1.29 is 14.7 Å². The molecule has 0 rings (SSSR count). The quantitative estimate of drug-likeness (QED) is 0.199. The fourth-order valence-corrected chi connectivity index (χ4v) is 1.23. The molecule has 0 aliphatic rings. The van der Waals surface area contributed by atoms with E-state index in [9.17, 15) is 9.59 Å². The van der Waals surface area contributed by atoms with Crippen LogP contribution in [0.25, 0.3) is 0 Å². The van der Waals surface area contributed by atoms with Crippen LogP contribution in [0, 0.1) is 0 Å². The summed E-state index contributed by atoms with van der Waals surface area (Å²) >= 11 is 0. The molecule has 0 unspecified atom stereocenters. The minimum Gasteiger partial charge on any atom is -0.480 e. The van der Waals surface area contributed by atoms with Crippen LogP contribution in [0.2, 0.25) is 0 Å². The molecule has 0 aromatic heterocycles. The second kappa shape index (κ2) is 8.29. The van der Waals surface area contributed by atoms with E-state index in [0.29, 0.717) is 19.4 Å². The van der Waals surface area contributed by atoms with Crippen LogP contribution in [-0.4, -0.2) is 41.6 Å². The predicted octanol–water partition coefficient (Wildman–Crippen LogP) is -1.65. The highest BCUT2D eigenvalue weighted by molar-refractivity contribution is 5.86. The Hall–Kier alpha value is -1.83. The Morgan fingerprint density at radius 3 is 2.44 bits per heavy atom. The zero-order chi connectivity index (χ0) is 14.1. The van der Waals surface area contributed by atoms with Crippen LogP contribution in [-0.2, 0) is 9.59 Å². The molecular formula is C10H21N5O3. The Kier molecular flexibility index (Phi) is 7.45. The molecule has 8 heteroatoms. The number of nitrogens with zero attached hydrogens (tertiary/aromatic N) is 1. The Balaban J connectivity index is 4.20. The third-order valence-electron chi connectivity index (χ3n) is 2.34. The first-order chi connectivity index (χ1) is 8.38. The van der Waals surface area contributed by atoms with Gasteiger partial charge >= 0.3 is 5.97 Å². The number of hydrogen-bond acceptors (Lipinski definition) is 4. The highest BCUT2D eigenvalue weighted by atomic mass is 16.4. The number of hydrogen-bond donors (Lipinski definition) is 5. The van der Waals surface area contributed by atoms with Crippen LogP contribution in [0.3, 0.4) is 0 Å². The summed E-state index contributed by atoms with van der Waals surface area (Å²) in [5.41, 5.74) is 15.8. The van der Waals surface area contributed by atoms with Crippen molar-refractivity contribution in [2.75, 3.05) is 6.54 Å². The van der Waals surface area contributed by atoms with E-state index >= 15 is 0 Å². The van der Waals surface area contributed by atoms with Crippen molar-refractivity contribution in [2.24, 2.45) is 22.2 Å². The summed E-state index contributed by atoms with van der Waals surface area (Å²) in [6.07, 6.45) is 1.15. The van der Waals surface area contributed by atoms with E-state index < -0.39 is 24.0 Å². The van der Waals surface area contributed by atoms with Gasteiger partial charge in [-0.2, -0.15) is 0 Å². The number of carboxylic acids is 1. The van der Waals surface area contributed by atoms with E-state index in [2.05, 4.69) is 10.3 Å². The van der Waals surface area contributed by atoms with Crippen LogP contribution >= 0.6 is 0 Å². The summed E-state index contributed by atoms with van der Waals surface area (Å²) in [6, 6.07) is -1.66. The van der Waals surface area contributed by atoms with Gasteiger partial charge in [0.15, 0.2) is 5.96 Å². The number of aliphatic carboxylic acids is 1. The number of amides is 1. The van der Waals surface area contributed by atoms with Crippen LogP contribution < -0.4 is 22.5 Å². The fraction of sp³-hybridized carbons (Fsp3) is 0.700. The largest absolute Gasteiger partial charge is 0.480 e. The van der Waals surface area contributed by atoms with Gasteiger partial charge < -0.3 is 27.6 Å². The molecule has 0 bridgehead atoms. The summed E-state index contributed by atoms with van der Waals surface area (Å²) in [6.45, 7) is 2.07. The summed E-state index contributed by atoms with van der Waals surface area (Å²) < 4.78 is 0. The summed E-state index contributed by atoms with van der Waals surface area (Å²) in [4.78, 5) is 26.1. The van der Waals surface area contributed by atoms with Crippen molar-refractivity contribution in [1.82, 2.24) is 5.32 Å². The smallest absolute Gasteiger partial charge is 0.326 e. The van der Waals surface area contributed by atoms with Gasteiger partial charge in [0.2, 0.25) is 5.91 Å². The molecule has 0 aliphatic carbocycles. The molecule has 0 radical (unpaired) electrons. The molecule has 0 saturated carbocycles. The third kappa shape index (κ3) is 6.69. The van der Waals surface area contributed by atoms with E-state index in [1.807, 2.05) is 0 Å². The second-order valence-electron chi connectivity index (χ2n) is 3.86. The first-order valence-corrected chi connectivity index (χ1v) is 5.72. The summed E-state index contributed by atoms with van der Waals surface area (Å²) in [5, 5.41) is 11.3. The third-order valence-corrected chi connectivity index (χ3v) is 2.34. The molecule has 18 heavy (non-hydrogen) atoms. The molecule has 8 N–H and O–H groups in total. The number of carbonyl (C=O) groups is 2. The SMILES string of the molecule is CC[C@H](N)C(=O)N[C@@H](CCCN=C(N)N)C(=O)O. The number of rotatable bonds is 8. The highest BCUT2D eigenvalue weighted by Crippen LogP contribution is 1.99. The Morgan fingerprint density at radius 2 is 2.00 bits per heavy atom. The van der Waals surface area contributed by atoms with E-state index in [1.54, 1.807) is 6.92 Å². The van der Waals surface area contributed by atoms with Gasteiger partial charge in [0, 0.05) is 6.54 Å². The average molecular weight is 259 g/mol. The van der Waals surface area contributed by atoms with Gasteiger partial charge in [0.25, 0.3) is 0 Å². The van der Waals surface area contributed by atoms with Gasteiger partial charge in [-0.25, -0.2) is 4.79 Å². The molecule has 2 atom stereocenters. The molecule has 0 fully saturated rings. The van der Waals surface area contributed by atoms with Crippen molar-refractivity contribution in [2.45, 2.75) is 38.3 Å². The van der Waals surface area contributed by atoms with Crippen LogP contribution in [0.4, 0.5) is 0 Å². The zero-order valence-electron chi connectivity index (χ0n) is 10.4. The second-order valence-corrected chi connectivity index (χ2v) is 3.86. The average Bonchev–Trinajstić information content (AvgIpc) is 2.30. The van der Waals surface area contributed by atoms with E-state index in [1.165, 1.54) is 0 Å². The molecule has 0 heterocycles. The minimum atomic E-state index is -1.10.